The molecule has 15 heavy (non-hydrogen) atoms. The number of carboxylic acid groups (broad SMARTS) is 1. The summed E-state index contributed by atoms with van der Waals surface area (Å²) in [6.07, 6.45) is 9.92. The van der Waals surface area contributed by atoms with Gasteiger partial charge in [0.1, 0.15) is 0 Å². The number of aromatic nitrogens is 2. The molecule has 0 bridgehead atoms. The third-order valence-electron chi connectivity index (χ3n) is 1.87. The Hall–Kier alpha value is -1.84. The number of rotatable bonds is 6. The summed E-state index contributed by atoms with van der Waals surface area (Å²) in [5, 5.41) is 12.5. The van der Waals surface area contributed by atoms with Crippen LogP contribution in [0.2, 0.25) is 0 Å². The van der Waals surface area contributed by atoms with Crippen molar-refractivity contribution in [1.29, 1.82) is 0 Å². The van der Waals surface area contributed by atoms with E-state index < -0.39 is 5.97 Å². The van der Waals surface area contributed by atoms with Crippen LogP contribution in [0.25, 0.3) is 6.08 Å². The van der Waals surface area contributed by atoms with Gasteiger partial charge in [0.25, 0.3) is 0 Å². The summed E-state index contributed by atoms with van der Waals surface area (Å²) >= 11 is 0. The minimum absolute atomic E-state index is 0.802. The highest BCUT2D eigenvalue weighted by molar-refractivity contribution is 5.85. The molecule has 0 aliphatic rings. The molecule has 80 valence electrons. The third-order valence-corrected chi connectivity index (χ3v) is 1.87. The molecular weight excluding hydrogens is 192 g/mol. The lowest BCUT2D eigenvalue weighted by Gasteiger charge is -1.97. The first-order chi connectivity index (χ1) is 7.22. The van der Waals surface area contributed by atoms with E-state index in [2.05, 4.69) is 11.7 Å². The highest BCUT2D eigenvalue weighted by atomic mass is 16.4. The molecule has 4 heteroatoms. The van der Waals surface area contributed by atoms with E-state index in [9.17, 15) is 4.79 Å². The van der Waals surface area contributed by atoms with Gasteiger partial charge in [0.05, 0.1) is 6.20 Å². The monoisotopic (exact) mass is 206 g/mol. The first-order valence-corrected chi connectivity index (χ1v) is 4.76. The average molecular weight is 206 g/mol. The van der Waals surface area contributed by atoms with Crippen molar-refractivity contribution in [3.05, 3.63) is 36.7 Å². The van der Waals surface area contributed by atoms with E-state index in [4.69, 9.17) is 5.11 Å². The minimum atomic E-state index is -0.950. The van der Waals surface area contributed by atoms with Crippen LogP contribution in [-0.2, 0) is 11.3 Å². The van der Waals surface area contributed by atoms with E-state index in [0.717, 1.165) is 31.0 Å². The zero-order chi connectivity index (χ0) is 11.1. The molecule has 0 radical (unpaired) electrons. The van der Waals surface area contributed by atoms with Crippen LogP contribution in [0.15, 0.2) is 31.1 Å². The van der Waals surface area contributed by atoms with Crippen molar-refractivity contribution < 1.29 is 9.90 Å². The molecule has 0 saturated heterocycles. The highest BCUT2D eigenvalue weighted by Crippen LogP contribution is 2.02. The van der Waals surface area contributed by atoms with Gasteiger partial charge < -0.3 is 5.11 Å². The Morgan fingerprint density at radius 2 is 2.47 bits per heavy atom. The maximum absolute atomic E-state index is 10.3. The van der Waals surface area contributed by atoms with Crippen LogP contribution in [0.1, 0.15) is 18.4 Å². The molecule has 0 amide bonds. The maximum Gasteiger partial charge on any atom is 0.328 e. The van der Waals surface area contributed by atoms with Crippen LogP contribution in [0.5, 0.6) is 0 Å². The maximum atomic E-state index is 10.3. The number of carboxylic acids is 1. The molecule has 0 aliphatic heterocycles. The first kappa shape index (κ1) is 11.2. The number of allylic oxidation sites excluding steroid dienone is 1. The molecule has 0 aromatic carbocycles. The van der Waals surface area contributed by atoms with Crippen molar-refractivity contribution in [1.82, 2.24) is 9.78 Å². The molecule has 1 heterocycles. The first-order valence-electron chi connectivity index (χ1n) is 4.76. The van der Waals surface area contributed by atoms with Crippen LogP contribution in [-0.4, -0.2) is 20.9 Å². The standard InChI is InChI=1S/C11H14N2O2/c1-2-3-4-7-13-9-10(8-12-13)5-6-11(14)15/h2,5-6,8-9H,1,3-4,7H2,(H,14,15)/b6-5+. The SMILES string of the molecule is C=CCCCn1cc(/C=C/C(=O)O)cn1. The number of aryl methyl sites for hydroxylation is 1. The molecule has 0 aliphatic carbocycles. The van der Waals surface area contributed by atoms with Gasteiger partial charge in [0, 0.05) is 24.4 Å². The van der Waals surface area contributed by atoms with Crippen molar-refractivity contribution in [2.24, 2.45) is 0 Å². The predicted octanol–water partition coefficient (Wildman–Crippen LogP) is 1.95. The molecular formula is C11H14N2O2. The van der Waals surface area contributed by atoms with Crippen LogP contribution in [0, 0.1) is 0 Å². The largest absolute Gasteiger partial charge is 0.478 e. The lowest BCUT2D eigenvalue weighted by Crippen LogP contribution is -1.97. The molecule has 0 fully saturated rings. The molecule has 0 atom stereocenters. The van der Waals surface area contributed by atoms with Gasteiger partial charge in [-0.05, 0) is 18.9 Å². The van der Waals surface area contributed by atoms with Crippen molar-refractivity contribution in [3.63, 3.8) is 0 Å². The van der Waals surface area contributed by atoms with E-state index in [1.54, 1.807) is 10.9 Å². The summed E-state index contributed by atoms with van der Waals surface area (Å²) in [6, 6.07) is 0. The van der Waals surface area contributed by atoms with Gasteiger partial charge in [0.2, 0.25) is 0 Å². The van der Waals surface area contributed by atoms with Crippen molar-refractivity contribution in [2.45, 2.75) is 19.4 Å². The highest BCUT2D eigenvalue weighted by Gasteiger charge is 1.95. The number of carbonyl (C=O) groups is 1. The molecule has 1 aromatic heterocycles. The van der Waals surface area contributed by atoms with E-state index in [1.807, 2.05) is 12.3 Å². The number of nitrogens with zero attached hydrogens (tertiary/aromatic N) is 2. The van der Waals surface area contributed by atoms with Crippen molar-refractivity contribution in [3.8, 4) is 0 Å². The summed E-state index contributed by atoms with van der Waals surface area (Å²) < 4.78 is 1.80. The van der Waals surface area contributed by atoms with Crippen LogP contribution < -0.4 is 0 Å². The predicted molar refractivity (Wildman–Crippen MR) is 58.3 cm³/mol. The number of hydrogen-bond donors (Lipinski definition) is 1. The average Bonchev–Trinajstić information content (AvgIpc) is 2.63. The van der Waals surface area contributed by atoms with Gasteiger partial charge in [-0.1, -0.05) is 6.08 Å². The number of unbranched alkanes of at least 4 members (excludes halogenated alkanes) is 1. The smallest absolute Gasteiger partial charge is 0.328 e. The summed E-state index contributed by atoms with van der Waals surface area (Å²) in [6.45, 7) is 4.47. The second kappa shape index (κ2) is 5.80. The second-order valence-electron chi connectivity index (χ2n) is 3.14. The van der Waals surface area contributed by atoms with Crippen molar-refractivity contribution in [2.75, 3.05) is 0 Å². The summed E-state index contributed by atoms with van der Waals surface area (Å²) in [4.78, 5) is 10.3. The Kier molecular flexibility index (Phi) is 4.34. The molecule has 1 aromatic rings. The second-order valence-corrected chi connectivity index (χ2v) is 3.14. The number of hydrogen-bond acceptors (Lipinski definition) is 2. The van der Waals surface area contributed by atoms with E-state index in [0.29, 0.717) is 0 Å². The lowest BCUT2D eigenvalue weighted by molar-refractivity contribution is -0.131. The van der Waals surface area contributed by atoms with E-state index in [1.165, 1.54) is 6.08 Å². The Labute approximate surface area is 88.5 Å². The Bertz CT molecular complexity index is 366. The quantitative estimate of drug-likeness (QED) is 0.439. The van der Waals surface area contributed by atoms with Gasteiger partial charge in [-0.3, -0.25) is 4.68 Å². The Morgan fingerprint density at radius 1 is 1.67 bits per heavy atom. The van der Waals surface area contributed by atoms with Crippen LogP contribution in [0.4, 0.5) is 0 Å². The summed E-state index contributed by atoms with van der Waals surface area (Å²) in [5.41, 5.74) is 0.802. The van der Waals surface area contributed by atoms with Gasteiger partial charge in [-0.25, -0.2) is 4.79 Å². The molecule has 1 rings (SSSR count). The molecule has 0 unspecified atom stereocenters. The van der Waals surface area contributed by atoms with E-state index >= 15 is 0 Å². The molecule has 0 spiro atoms. The number of aliphatic carboxylic acids is 1. The zero-order valence-electron chi connectivity index (χ0n) is 8.47. The van der Waals surface area contributed by atoms with E-state index in [-0.39, 0.29) is 0 Å². The fraction of sp³-hybridized carbons (Fsp3) is 0.273. The van der Waals surface area contributed by atoms with Gasteiger partial charge in [-0.15, -0.1) is 6.58 Å². The summed E-state index contributed by atoms with van der Waals surface area (Å²) in [5.74, 6) is -0.950. The van der Waals surface area contributed by atoms with Crippen molar-refractivity contribution >= 4 is 12.0 Å². The zero-order valence-corrected chi connectivity index (χ0v) is 8.47. The topological polar surface area (TPSA) is 55.1 Å². The molecule has 0 saturated carbocycles. The van der Waals surface area contributed by atoms with Gasteiger partial charge >= 0.3 is 5.97 Å². The Morgan fingerprint density at radius 3 is 3.13 bits per heavy atom. The molecule has 4 nitrogen and oxygen atoms in total. The third kappa shape index (κ3) is 4.26. The van der Waals surface area contributed by atoms with Gasteiger partial charge in [-0.2, -0.15) is 5.10 Å². The minimum Gasteiger partial charge on any atom is -0.478 e. The lowest BCUT2D eigenvalue weighted by atomic mass is 10.3. The fourth-order valence-corrected chi connectivity index (χ4v) is 1.15. The fourth-order valence-electron chi connectivity index (χ4n) is 1.15. The Balaban J connectivity index is 2.48. The normalized spacial score (nSPS) is 10.7. The van der Waals surface area contributed by atoms with Crippen LogP contribution >= 0.6 is 0 Å². The van der Waals surface area contributed by atoms with Crippen LogP contribution in [0.3, 0.4) is 0 Å². The summed E-state index contributed by atoms with van der Waals surface area (Å²) in [7, 11) is 0. The van der Waals surface area contributed by atoms with Gasteiger partial charge in [0.15, 0.2) is 0 Å². The molecule has 1 N–H and O–H groups in total.